The zero-order chi connectivity index (χ0) is 21.9. The van der Waals surface area contributed by atoms with Crippen LogP contribution in [0.1, 0.15) is 17.0 Å². The molecule has 0 saturated carbocycles. The van der Waals surface area contributed by atoms with Crippen LogP contribution < -0.4 is 5.32 Å². The van der Waals surface area contributed by atoms with Gasteiger partial charge in [-0.25, -0.2) is 4.98 Å². The second-order valence-electron chi connectivity index (χ2n) is 7.42. The van der Waals surface area contributed by atoms with Gasteiger partial charge in [0.2, 0.25) is 11.8 Å². The molecule has 4 nitrogen and oxygen atoms in total. The van der Waals surface area contributed by atoms with E-state index in [0.717, 1.165) is 16.6 Å². The zero-order valence-corrected chi connectivity index (χ0v) is 17.8. The number of rotatable bonds is 5. The fraction of sp³-hybridized carbons (Fsp3) is 0.0370. The lowest BCUT2D eigenvalue weighted by Gasteiger charge is -2.18. The summed E-state index contributed by atoms with van der Waals surface area (Å²) in [6.07, 6.45) is 0. The SMILES string of the molecule is O=C(Nc1ccc(Cl)c(-c2nc3ccccc3o2)c1)C(c1ccccc1)c1ccccc1. The number of benzene rings is 4. The van der Waals surface area contributed by atoms with Crippen LogP contribution in [0.15, 0.2) is 108 Å². The second-order valence-corrected chi connectivity index (χ2v) is 7.83. The fourth-order valence-electron chi connectivity index (χ4n) is 3.75. The van der Waals surface area contributed by atoms with Crippen LogP contribution in [-0.2, 0) is 4.79 Å². The van der Waals surface area contributed by atoms with E-state index in [9.17, 15) is 4.79 Å². The van der Waals surface area contributed by atoms with E-state index in [-0.39, 0.29) is 5.91 Å². The van der Waals surface area contributed by atoms with Gasteiger partial charge in [-0.3, -0.25) is 4.79 Å². The van der Waals surface area contributed by atoms with E-state index in [4.69, 9.17) is 16.0 Å². The number of carbonyl (C=O) groups is 1. The molecule has 0 aliphatic rings. The van der Waals surface area contributed by atoms with Crippen molar-refractivity contribution in [2.24, 2.45) is 0 Å². The molecule has 4 aromatic carbocycles. The Labute approximate surface area is 190 Å². The number of carbonyl (C=O) groups excluding carboxylic acids is 1. The number of aromatic nitrogens is 1. The Bertz CT molecular complexity index is 1310. The minimum atomic E-state index is -0.444. The highest BCUT2D eigenvalue weighted by Crippen LogP contribution is 2.33. The van der Waals surface area contributed by atoms with Gasteiger partial charge in [0.15, 0.2) is 5.58 Å². The number of amides is 1. The number of nitrogens with zero attached hydrogens (tertiary/aromatic N) is 1. The maximum absolute atomic E-state index is 13.4. The number of hydrogen-bond acceptors (Lipinski definition) is 3. The van der Waals surface area contributed by atoms with E-state index in [2.05, 4.69) is 10.3 Å². The summed E-state index contributed by atoms with van der Waals surface area (Å²) >= 11 is 6.44. The van der Waals surface area contributed by atoms with Crippen LogP contribution in [-0.4, -0.2) is 10.9 Å². The molecule has 0 spiro atoms. The lowest BCUT2D eigenvalue weighted by molar-refractivity contribution is -0.116. The Hall–Kier alpha value is -3.89. The van der Waals surface area contributed by atoms with Gasteiger partial charge in [-0.1, -0.05) is 84.4 Å². The first kappa shape index (κ1) is 20.0. The van der Waals surface area contributed by atoms with Crippen molar-refractivity contribution in [2.75, 3.05) is 5.32 Å². The van der Waals surface area contributed by atoms with Gasteiger partial charge < -0.3 is 9.73 Å². The Kier molecular flexibility index (Phi) is 5.44. The molecule has 0 atom stereocenters. The largest absolute Gasteiger partial charge is 0.436 e. The lowest BCUT2D eigenvalue weighted by atomic mass is 9.90. The molecule has 0 aliphatic carbocycles. The summed E-state index contributed by atoms with van der Waals surface area (Å²) < 4.78 is 5.87. The van der Waals surface area contributed by atoms with Crippen molar-refractivity contribution in [3.63, 3.8) is 0 Å². The summed E-state index contributed by atoms with van der Waals surface area (Å²) in [6, 6.07) is 32.3. The summed E-state index contributed by atoms with van der Waals surface area (Å²) in [5.74, 6) is -0.163. The Balaban J connectivity index is 1.48. The number of fused-ring (bicyclic) bond motifs is 1. The van der Waals surface area contributed by atoms with Crippen molar-refractivity contribution < 1.29 is 9.21 Å². The van der Waals surface area contributed by atoms with Crippen LogP contribution in [0.2, 0.25) is 5.02 Å². The average molecular weight is 439 g/mol. The molecule has 5 aromatic rings. The third-order valence-corrected chi connectivity index (χ3v) is 5.62. The van der Waals surface area contributed by atoms with Gasteiger partial charge in [0.05, 0.1) is 16.5 Å². The average Bonchev–Trinajstić information content (AvgIpc) is 3.26. The highest BCUT2D eigenvalue weighted by molar-refractivity contribution is 6.33. The second kappa shape index (κ2) is 8.69. The van der Waals surface area contributed by atoms with Gasteiger partial charge in [0.1, 0.15) is 5.52 Å². The van der Waals surface area contributed by atoms with Gasteiger partial charge in [-0.15, -0.1) is 0 Å². The summed E-state index contributed by atoms with van der Waals surface area (Å²) in [5.41, 5.74) is 4.52. The van der Waals surface area contributed by atoms with Crippen molar-refractivity contribution in [1.82, 2.24) is 4.98 Å². The number of hydrogen-bond donors (Lipinski definition) is 1. The molecular weight excluding hydrogens is 420 g/mol. The van der Waals surface area contributed by atoms with E-state index in [0.29, 0.717) is 27.7 Å². The van der Waals surface area contributed by atoms with Gasteiger partial charge in [0.25, 0.3) is 0 Å². The summed E-state index contributed by atoms with van der Waals surface area (Å²) in [7, 11) is 0. The predicted octanol–water partition coefficient (Wildman–Crippen LogP) is 6.92. The van der Waals surface area contributed by atoms with Crippen LogP contribution in [0.3, 0.4) is 0 Å². The third kappa shape index (κ3) is 4.01. The van der Waals surface area contributed by atoms with Crippen molar-refractivity contribution in [2.45, 2.75) is 5.92 Å². The molecule has 32 heavy (non-hydrogen) atoms. The number of para-hydroxylation sites is 2. The minimum Gasteiger partial charge on any atom is -0.436 e. The summed E-state index contributed by atoms with van der Waals surface area (Å²) in [5, 5.41) is 3.54. The first-order valence-electron chi connectivity index (χ1n) is 10.3. The van der Waals surface area contributed by atoms with Crippen LogP contribution in [0.25, 0.3) is 22.6 Å². The first-order valence-corrected chi connectivity index (χ1v) is 10.6. The molecule has 156 valence electrons. The van der Waals surface area contributed by atoms with Crippen LogP contribution in [0, 0.1) is 0 Å². The van der Waals surface area contributed by atoms with Gasteiger partial charge >= 0.3 is 0 Å². The standard InChI is InChI=1S/C27H19ClN2O2/c28-22-16-15-20(17-21(22)27-30-23-13-7-8-14-24(23)32-27)29-26(31)25(18-9-3-1-4-10-18)19-11-5-2-6-12-19/h1-17,25H,(H,29,31). The molecule has 0 saturated heterocycles. The summed E-state index contributed by atoms with van der Waals surface area (Å²) in [6.45, 7) is 0. The molecule has 0 radical (unpaired) electrons. The topological polar surface area (TPSA) is 55.1 Å². The van der Waals surface area contributed by atoms with Gasteiger partial charge in [0, 0.05) is 5.69 Å². The molecule has 1 heterocycles. The van der Waals surface area contributed by atoms with Crippen molar-refractivity contribution in [3.05, 3.63) is 119 Å². The molecule has 0 fully saturated rings. The van der Waals surface area contributed by atoms with E-state index in [1.54, 1.807) is 18.2 Å². The molecule has 5 rings (SSSR count). The quantitative estimate of drug-likeness (QED) is 0.324. The maximum atomic E-state index is 13.4. The number of anilines is 1. The molecular formula is C27H19ClN2O2. The Morgan fingerprint density at radius 2 is 1.44 bits per heavy atom. The monoisotopic (exact) mass is 438 g/mol. The van der Waals surface area contributed by atoms with Gasteiger partial charge in [-0.05, 0) is 41.5 Å². The zero-order valence-electron chi connectivity index (χ0n) is 17.0. The molecule has 1 N–H and O–H groups in total. The number of nitrogens with one attached hydrogen (secondary N) is 1. The molecule has 1 aromatic heterocycles. The van der Waals surface area contributed by atoms with E-state index < -0.39 is 5.92 Å². The lowest BCUT2D eigenvalue weighted by Crippen LogP contribution is -2.22. The normalized spacial score (nSPS) is 11.1. The minimum absolute atomic E-state index is 0.131. The molecule has 0 unspecified atom stereocenters. The smallest absolute Gasteiger partial charge is 0.236 e. The number of halogens is 1. The number of oxazole rings is 1. The Morgan fingerprint density at radius 3 is 2.09 bits per heavy atom. The first-order chi connectivity index (χ1) is 15.7. The predicted molar refractivity (Wildman–Crippen MR) is 128 cm³/mol. The highest BCUT2D eigenvalue weighted by atomic mass is 35.5. The third-order valence-electron chi connectivity index (χ3n) is 5.29. The van der Waals surface area contributed by atoms with Gasteiger partial charge in [-0.2, -0.15) is 0 Å². The van der Waals surface area contributed by atoms with Crippen LogP contribution >= 0.6 is 11.6 Å². The molecule has 0 aliphatic heterocycles. The van der Waals surface area contributed by atoms with E-state index in [1.165, 1.54) is 0 Å². The Morgan fingerprint density at radius 1 is 0.812 bits per heavy atom. The summed E-state index contributed by atoms with van der Waals surface area (Å²) in [4.78, 5) is 17.9. The molecule has 1 amide bonds. The maximum Gasteiger partial charge on any atom is 0.236 e. The van der Waals surface area contributed by atoms with Crippen LogP contribution in [0.4, 0.5) is 5.69 Å². The molecule has 5 heteroatoms. The van der Waals surface area contributed by atoms with Crippen molar-refractivity contribution >= 4 is 34.3 Å². The van der Waals surface area contributed by atoms with E-state index >= 15 is 0 Å². The molecule has 0 bridgehead atoms. The fourth-order valence-corrected chi connectivity index (χ4v) is 3.95. The van der Waals surface area contributed by atoms with Crippen molar-refractivity contribution in [3.8, 4) is 11.5 Å². The van der Waals surface area contributed by atoms with Crippen LogP contribution in [0.5, 0.6) is 0 Å². The highest BCUT2D eigenvalue weighted by Gasteiger charge is 2.23. The van der Waals surface area contributed by atoms with Crippen molar-refractivity contribution in [1.29, 1.82) is 0 Å². The van der Waals surface area contributed by atoms with E-state index in [1.807, 2.05) is 84.9 Å².